The van der Waals surface area contributed by atoms with Gasteiger partial charge in [-0.05, 0) is 31.9 Å². The third-order valence-corrected chi connectivity index (χ3v) is 3.54. The Kier molecular flexibility index (Phi) is 3.12. The van der Waals surface area contributed by atoms with Crippen molar-refractivity contribution in [1.29, 1.82) is 0 Å². The molecule has 0 spiro atoms. The number of nitrogens with one attached hydrogen (secondary N) is 1. The summed E-state index contributed by atoms with van der Waals surface area (Å²) in [6, 6.07) is 3.84. The summed E-state index contributed by atoms with van der Waals surface area (Å²) in [7, 11) is 1.74. The lowest BCUT2D eigenvalue weighted by atomic mass is 10.1. The molecule has 3 rings (SSSR count). The largest absolute Gasteiger partial charge is 0.373 e. The lowest BCUT2D eigenvalue weighted by molar-refractivity contribution is 0.588. The average molecular weight is 275 g/mol. The van der Waals surface area contributed by atoms with Crippen LogP contribution in [0.5, 0.6) is 0 Å². The maximum atomic E-state index is 14.0. The van der Waals surface area contributed by atoms with Crippen LogP contribution in [0.4, 0.5) is 14.6 Å². The van der Waals surface area contributed by atoms with E-state index in [-0.39, 0.29) is 5.56 Å². The van der Waals surface area contributed by atoms with Crippen LogP contribution >= 0.6 is 0 Å². The van der Waals surface area contributed by atoms with Crippen LogP contribution in [0.3, 0.4) is 0 Å². The van der Waals surface area contributed by atoms with Gasteiger partial charge in [-0.2, -0.15) is 0 Å². The summed E-state index contributed by atoms with van der Waals surface area (Å²) in [4.78, 5) is 8.83. The predicted molar refractivity (Wildman–Crippen MR) is 73.6 cm³/mol. The molecule has 1 fully saturated rings. The molecule has 1 N–H and O–H groups in total. The van der Waals surface area contributed by atoms with E-state index in [2.05, 4.69) is 15.3 Å². The van der Waals surface area contributed by atoms with Crippen molar-refractivity contribution in [3.8, 4) is 11.3 Å². The Hall–Kier alpha value is -2.04. The van der Waals surface area contributed by atoms with Crippen LogP contribution in [-0.2, 0) is 0 Å². The molecule has 1 heterocycles. The fraction of sp³-hybridized carbons (Fsp3) is 0.333. The molecule has 0 unspecified atom stereocenters. The maximum absolute atomic E-state index is 14.0. The van der Waals surface area contributed by atoms with Gasteiger partial charge in [0.25, 0.3) is 0 Å². The van der Waals surface area contributed by atoms with Gasteiger partial charge in [0.1, 0.15) is 23.3 Å². The van der Waals surface area contributed by atoms with E-state index in [0.717, 1.165) is 12.8 Å². The summed E-state index contributed by atoms with van der Waals surface area (Å²) in [6.07, 6.45) is 2.07. The van der Waals surface area contributed by atoms with Gasteiger partial charge in [-0.15, -0.1) is 0 Å². The second-order valence-corrected chi connectivity index (χ2v) is 5.02. The lowest BCUT2D eigenvalue weighted by Gasteiger charge is -2.13. The van der Waals surface area contributed by atoms with Gasteiger partial charge in [0.15, 0.2) is 0 Å². The van der Waals surface area contributed by atoms with Crippen molar-refractivity contribution in [2.24, 2.45) is 0 Å². The normalized spacial score (nSPS) is 14.4. The van der Waals surface area contributed by atoms with Crippen molar-refractivity contribution in [3.63, 3.8) is 0 Å². The summed E-state index contributed by atoms with van der Waals surface area (Å²) in [6.45, 7) is 1.77. The molecule has 104 valence electrons. The number of benzene rings is 1. The highest BCUT2D eigenvalue weighted by atomic mass is 19.1. The van der Waals surface area contributed by atoms with Gasteiger partial charge in [0, 0.05) is 18.5 Å². The molecule has 0 aliphatic heterocycles. The molecule has 1 saturated carbocycles. The zero-order valence-electron chi connectivity index (χ0n) is 11.4. The molecule has 0 bridgehead atoms. The van der Waals surface area contributed by atoms with Crippen LogP contribution in [0.2, 0.25) is 0 Å². The quantitative estimate of drug-likeness (QED) is 0.929. The Morgan fingerprint density at radius 2 is 1.80 bits per heavy atom. The average Bonchev–Trinajstić information content (AvgIpc) is 3.24. The Balaban J connectivity index is 2.24. The van der Waals surface area contributed by atoms with E-state index in [0.29, 0.717) is 28.8 Å². The van der Waals surface area contributed by atoms with E-state index in [1.54, 1.807) is 14.0 Å². The number of rotatable bonds is 3. The Morgan fingerprint density at radius 3 is 2.35 bits per heavy atom. The molecule has 2 aromatic rings. The second-order valence-electron chi connectivity index (χ2n) is 5.02. The minimum absolute atomic E-state index is 0.0780. The molecule has 1 aliphatic rings. The molecule has 1 aromatic carbocycles. The second kappa shape index (κ2) is 4.81. The van der Waals surface area contributed by atoms with Crippen LogP contribution in [-0.4, -0.2) is 17.0 Å². The first kappa shape index (κ1) is 13.0. The number of anilines is 1. The summed E-state index contributed by atoms with van der Waals surface area (Å²) in [5.74, 6) is 0.402. The zero-order chi connectivity index (χ0) is 14.3. The highest BCUT2D eigenvalue weighted by Gasteiger charge is 2.29. The fourth-order valence-corrected chi connectivity index (χ4v) is 2.27. The standard InChI is InChI=1S/C15H15F2N3/c1-8-13(12-10(16)4-3-5-11(12)17)19-15(9-6-7-9)20-14(8)18-2/h3-5,9H,6-7H2,1-2H3,(H,18,19,20). The van der Waals surface area contributed by atoms with Crippen molar-refractivity contribution < 1.29 is 8.78 Å². The Bertz CT molecular complexity index is 646. The first-order valence-electron chi connectivity index (χ1n) is 6.62. The summed E-state index contributed by atoms with van der Waals surface area (Å²) >= 11 is 0. The van der Waals surface area contributed by atoms with Crippen molar-refractivity contribution in [2.75, 3.05) is 12.4 Å². The van der Waals surface area contributed by atoms with Crippen LogP contribution < -0.4 is 5.32 Å². The van der Waals surface area contributed by atoms with Crippen molar-refractivity contribution >= 4 is 5.82 Å². The van der Waals surface area contributed by atoms with E-state index in [1.807, 2.05) is 0 Å². The van der Waals surface area contributed by atoms with Crippen LogP contribution in [0.25, 0.3) is 11.3 Å². The molecular formula is C15H15F2N3. The molecule has 1 aliphatic carbocycles. The number of nitrogens with zero attached hydrogens (tertiary/aromatic N) is 2. The maximum Gasteiger partial charge on any atom is 0.135 e. The zero-order valence-corrected chi connectivity index (χ0v) is 11.4. The van der Waals surface area contributed by atoms with E-state index >= 15 is 0 Å². The van der Waals surface area contributed by atoms with Gasteiger partial charge in [-0.25, -0.2) is 18.7 Å². The van der Waals surface area contributed by atoms with Gasteiger partial charge >= 0.3 is 0 Å². The number of aromatic nitrogens is 2. The number of hydrogen-bond acceptors (Lipinski definition) is 3. The van der Waals surface area contributed by atoms with Gasteiger partial charge in [-0.1, -0.05) is 6.07 Å². The molecule has 0 saturated heterocycles. The predicted octanol–water partition coefficient (Wildman–Crippen LogP) is 3.65. The summed E-state index contributed by atoms with van der Waals surface area (Å²) in [5.41, 5.74) is 0.911. The molecular weight excluding hydrogens is 260 g/mol. The first-order chi connectivity index (χ1) is 9.61. The molecule has 0 radical (unpaired) electrons. The van der Waals surface area contributed by atoms with Gasteiger partial charge in [-0.3, -0.25) is 0 Å². The Labute approximate surface area is 116 Å². The van der Waals surface area contributed by atoms with Gasteiger partial charge in [0.2, 0.25) is 0 Å². The van der Waals surface area contributed by atoms with Crippen LogP contribution in [0, 0.1) is 18.6 Å². The molecule has 0 amide bonds. The number of halogens is 2. The van der Waals surface area contributed by atoms with Gasteiger partial charge in [0.05, 0.1) is 11.3 Å². The molecule has 0 atom stereocenters. The van der Waals surface area contributed by atoms with Crippen molar-refractivity contribution in [1.82, 2.24) is 9.97 Å². The van der Waals surface area contributed by atoms with E-state index in [4.69, 9.17) is 0 Å². The minimum Gasteiger partial charge on any atom is -0.373 e. The SMILES string of the molecule is CNc1nc(C2CC2)nc(-c2c(F)cccc2F)c1C. The summed E-state index contributed by atoms with van der Waals surface area (Å²) in [5, 5.41) is 2.97. The molecule has 3 nitrogen and oxygen atoms in total. The van der Waals surface area contributed by atoms with Gasteiger partial charge < -0.3 is 5.32 Å². The Morgan fingerprint density at radius 1 is 1.15 bits per heavy atom. The lowest BCUT2D eigenvalue weighted by Crippen LogP contribution is -2.06. The van der Waals surface area contributed by atoms with E-state index < -0.39 is 11.6 Å². The molecule has 1 aromatic heterocycles. The molecule has 20 heavy (non-hydrogen) atoms. The van der Waals surface area contributed by atoms with Crippen LogP contribution in [0.1, 0.15) is 30.1 Å². The van der Waals surface area contributed by atoms with Crippen LogP contribution in [0.15, 0.2) is 18.2 Å². The highest BCUT2D eigenvalue weighted by molar-refractivity contribution is 5.69. The monoisotopic (exact) mass is 275 g/mol. The number of hydrogen-bond donors (Lipinski definition) is 1. The third-order valence-electron chi connectivity index (χ3n) is 3.54. The summed E-state index contributed by atoms with van der Waals surface area (Å²) < 4.78 is 28.0. The third kappa shape index (κ3) is 2.13. The van der Waals surface area contributed by atoms with Crippen molar-refractivity contribution in [2.45, 2.75) is 25.7 Å². The fourth-order valence-electron chi connectivity index (χ4n) is 2.27. The first-order valence-corrected chi connectivity index (χ1v) is 6.62. The minimum atomic E-state index is -0.601. The van der Waals surface area contributed by atoms with E-state index in [1.165, 1.54) is 18.2 Å². The highest BCUT2D eigenvalue weighted by Crippen LogP contribution is 2.40. The topological polar surface area (TPSA) is 37.8 Å². The molecule has 5 heteroatoms. The van der Waals surface area contributed by atoms with E-state index in [9.17, 15) is 8.78 Å². The smallest absolute Gasteiger partial charge is 0.135 e. The van der Waals surface area contributed by atoms with Crippen molar-refractivity contribution in [3.05, 3.63) is 41.2 Å².